The van der Waals surface area contributed by atoms with Crippen molar-refractivity contribution in [1.29, 1.82) is 0 Å². The number of hydrogen-bond donors (Lipinski definition) is 1. The van der Waals surface area contributed by atoms with Crippen molar-refractivity contribution in [2.24, 2.45) is 5.14 Å². The molecule has 0 bridgehead atoms. The van der Waals surface area contributed by atoms with Crippen LogP contribution in [0.25, 0.3) is 0 Å². The van der Waals surface area contributed by atoms with Gasteiger partial charge >= 0.3 is 0 Å². The number of nitrogens with two attached hydrogens (primary N) is 1. The minimum atomic E-state index is -3.60. The van der Waals surface area contributed by atoms with Crippen molar-refractivity contribution < 1.29 is 8.42 Å². The topological polar surface area (TPSA) is 73.1 Å². The molecule has 0 unspecified atom stereocenters. The van der Waals surface area contributed by atoms with Gasteiger partial charge in [0.05, 0.1) is 9.98 Å². The number of halogens is 1. The highest BCUT2D eigenvalue weighted by Gasteiger charge is 2.11. The molecule has 1 aromatic rings. The monoisotopic (exact) mass is 242 g/mol. The summed E-state index contributed by atoms with van der Waals surface area (Å²) >= 11 is 4.05. The van der Waals surface area contributed by atoms with Crippen LogP contribution >= 0.6 is 27.3 Å². The normalized spacial score (nSPS) is 11.8. The molecule has 7 heteroatoms. The molecule has 0 radical (unpaired) electrons. The number of sulfonamides is 1. The fourth-order valence-corrected chi connectivity index (χ4v) is 2.57. The molecule has 0 aromatic carbocycles. The molecule has 0 aliphatic rings. The maximum absolute atomic E-state index is 10.6. The second-order valence-electron chi connectivity index (χ2n) is 1.48. The fourth-order valence-electron chi connectivity index (χ4n) is 0.371. The van der Waals surface area contributed by atoms with Gasteiger partial charge < -0.3 is 0 Å². The summed E-state index contributed by atoms with van der Waals surface area (Å²) in [7, 11) is -3.60. The molecule has 1 aromatic heterocycles. The van der Waals surface area contributed by atoms with Gasteiger partial charge in [0.2, 0.25) is 4.34 Å². The van der Waals surface area contributed by atoms with Gasteiger partial charge in [-0.1, -0.05) is 11.3 Å². The lowest BCUT2D eigenvalue weighted by molar-refractivity contribution is 0.597. The lowest BCUT2D eigenvalue weighted by Crippen LogP contribution is -2.11. The molecule has 1 rings (SSSR count). The molecule has 56 valence electrons. The van der Waals surface area contributed by atoms with Gasteiger partial charge in [-0.25, -0.2) is 18.5 Å². The van der Waals surface area contributed by atoms with Gasteiger partial charge in [0.25, 0.3) is 10.0 Å². The van der Waals surface area contributed by atoms with E-state index >= 15 is 0 Å². The number of thiazole rings is 1. The van der Waals surface area contributed by atoms with Gasteiger partial charge in [0.1, 0.15) is 0 Å². The Balaban J connectivity index is 3.21. The second kappa shape index (κ2) is 2.57. The molecule has 0 amide bonds. The van der Waals surface area contributed by atoms with E-state index in [1.165, 1.54) is 6.20 Å². The largest absolute Gasteiger partial charge is 0.265 e. The molecule has 0 spiro atoms. The van der Waals surface area contributed by atoms with Crippen molar-refractivity contribution >= 4 is 37.3 Å². The first-order chi connectivity index (χ1) is 4.50. The first-order valence-electron chi connectivity index (χ1n) is 2.14. The predicted octanol–water partition coefficient (Wildman–Crippen LogP) is 0.553. The highest BCUT2D eigenvalue weighted by atomic mass is 79.9. The first-order valence-corrected chi connectivity index (χ1v) is 5.30. The van der Waals surface area contributed by atoms with E-state index in [2.05, 4.69) is 20.9 Å². The molecule has 0 fully saturated rings. The Labute approximate surface area is 70.3 Å². The van der Waals surface area contributed by atoms with Crippen LogP contribution in [0.5, 0.6) is 0 Å². The third kappa shape index (κ3) is 1.75. The van der Waals surface area contributed by atoms with E-state index in [-0.39, 0.29) is 4.34 Å². The number of nitrogens with zero attached hydrogens (tertiary/aromatic N) is 1. The van der Waals surface area contributed by atoms with E-state index in [4.69, 9.17) is 5.14 Å². The highest BCUT2D eigenvalue weighted by molar-refractivity contribution is 9.11. The maximum atomic E-state index is 10.6. The fraction of sp³-hybridized carbons (Fsp3) is 0. The summed E-state index contributed by atoms with van der Waals surface area (Å²) in [5.74, 6) is 0. The van der Waals surface area contributed by atoms with Gasteiger partial charge in [0, 0.05) is 0 Å². The zero-order valence-electron chi connectivity index (χ0n) is 4.61. The van der Waals surface area contributed by atoms with Crippen molar-refractivity contribution in [2.45, 2.75) is 4.34 Å². The Hall–Kier alpha value is 0.0200. The van der Waals surface area contributed by atoms with Crippen LogP contribution in [-0.2, 0) is 10.0 Å². The Bertz CT molecular complexity index is 330. The van der Waals surface area contributed by atoms with Crippen LogP contribution < -0.4 is 5.14 Å². The van der Waals surface area contributed by atoms with Crippen molar-refractivity contribution in [3.05, 3.63) is 9.98 Å². The molecule has 2 N–H and O–H groups in total. The SMILES string of the molecule is NS(=O)(=O)c1ncc(Br)s1. The van der Waals surface area contributed by atoms with Crippen LogP contribution in [-0.4, -0.2) is 13.4 Å². The van der Waals surface area contributed by atoms with E-state index in [0.29, 0.717) is 3.79 Å². The lowest BCUT2D eigenvalue weighted by atomic mass is 11.0. The van der Waals surface area contributed by atoms with Crippen LogP contribution in [0.3, 0.4) is 0 Å². The summed E-state index contributed by atoms with van der Waals surface area (Å²) in [4.78, 5) is 3.55. The second-order valence-corrected chi connectivity index (χ2v) is 5.62. The molecule has 4 nitrogen and oxygen atoms in total. The quantitative estimate of drug-likeness (QED) is 0.782. The van der Waals surface area contributed by atoms with Crippen molar-refractivity contribution in [3.63, 3.8) is 0 Å². The van der Waals surface area contributed by atoms with Crippen molar-refractivity contribution in [3.8, 4) is 0 Å². The van der Waals surface area contributed by atoms with Crippen LogP contribution in [0.15, 0.2) is 14.3 Å². The molecule has 1 heterocycles. The van der Waals surface area contributed by atoms with E-state index in [9.17, 15) is 8.42 Å². The van der Waals surface area contributed by atoms with Gasteiger partial charge in [-0.2, -0.15) is 0 Å². The summed E-state index contributed by atoms with van der Waals surface area (Å²) in [5.41, 5.74) is 0. The standard InChI is InChI=1S/C3H3BrN2O2S2/c4-2-1-6-3(9-2)10(5,7)8/h1H,(H2,5,7,8). The third-order valence-corrected chi connectivity index (χ3v) is 3.51. The molecule has 0 saturated carbocycles. The smallest absolute Gasteiger partial charge is 0.231 e. The molecule has 0 saturated heterocycles. The van der Waals surface area contributed by atoms with E-state index in [1.54, 1.807) is 0 Å². The molecule has 0 aliphatic heterocycles. The summed E-state index contributed by atoms with van der Waals surface area (Å²) in [6.45, 7) is 0. The zero-order chi connectivity index (χ0) is 7.78. The van der Waals surface area contributed by atoms with Crippen molar-refractivity contribution in [2.75, 3.05) is 0 Å². The summed E-state index contributed by atoms with van der Waals surface area (Å²) in [6, 6.07) is 0. The Morgan fingerprint density at radius 2 is 2.30 bits per heavy atom. The van der Waals surface area contributed by atoms with Crippen LogP contribution in [0.4, 0.5) is 0 Å². The minimum absolute atomic E-state index is 0.0700. The Kier molecular flexibility index (Phi) is 2.09. The molecular weight excluding hydrogens is 240 g/mol. The van der Waals surface area contributed by atoms with Crippen LogP contribution in [0, 0.1) is 0 Å². The van der Waals surface area contributed by atoms with Crippen LogP contribution in [0.2, 0.25) is 0 Å². The van der Waals surface area contributed by atoms with Gasteiger partial charge in [-0.3, -0.25) is 0 Å². The average molecular weight is 243 g/mol. The number of rotatable bonds is 1. The molecule has 0 aliphatic carbocycles. The Morgan fingerprint density at radius 3 is 2.50 bits per heavy atom. The Morgan fingerprint density at radius 1 is 1.70 bits per heavy atom. The highest BCUT2D eigenvalue weighted by Crippen LogP contribution is 2.21. The number of aromatic nitrogens is 1. The van der Waals surface area contributed by atoms with Gasteiger partial charge in [0.15, 0.2) is 0 Å². The predicted molar refractivity (Wildman–Crippen MR) is 41.2 cm³/mol. The maximum Gasteiger partial charge on any atom is 0.265 e. The van der Waals surface area contributed by atoms with Gasteiger partial charge in [-0.15, -0.1) is 0 Å². The summed E-state index contributed by atoms with van der Waals surface area (Å²) < 4.78 is 21.7. The number of hydrogen-bond acceptors (Lipinski definition) is 4. The first kappa shape index (κ1) is 8.12. The van der Waals surface area contributed by atoms with Crippen molar-refractivity contribution in [1.82, 2.24) is 4.98 Å². The summed E-state index contributed by atoms with van der Waals surface area (Å²) in [6.07, 6.45) is 1.39. The van der Waals surface area contributed by atoms with Gasteiger partial charge in [-0.05, 0) is 15.9 Å². The third-order valence-electron chi connectivity index (χ3n) is 0.700. The van der Waals surface area contributed by atoms with E-state index in [1.807, 2.05) is 0 Å². The lowest BCUT2D eigenvalue weighted by Gasteiger charge is -1.85. The van der Waals surface area contributed by atoms with E-state index in [0.717, 1.165) is 11.3 Å². The molecule has 0 atom stereocenters. The number of primary sulfonamides is 1. The summed E-state index contributed by atoms with van der Waals surface area (Å²) in [5, 5.41) is 4.77. The van der Waals surface area contributed by atoms with E-state index < -0.39 is 10.0 Å². The molecular formula is C3H3BrN2O2S2. The van der Waals surface area contributed by atoms with Crippen LogP contribution in [0.1, 0.15) is 0 Å². The molecule has 10 heavy (non-hydrogen) atoms. The zero-order valence-corrected chi connectivity index (χ0v) is 7.83. The minimum Gasteiger partial charge on any atom is -0.231 e. The average Bonchev–Trinajstić information content (AvgIpc) is 2.11.